The smallest absolute Gasteiger partial charge is 0.123 e. The zero-order chi connectivity index (χ0) is 13.5. The number of nitrogens with one attached hydrogen (secondary N) is 1. The highest BCUT2D eigenvalue weighted by molar-refractivity contribution is 5.21. The molecule has 0 aliphatic rings. The van der Waals surface area contributed by atoms with E-state index in [-0.39, 0.29) is 11.9 Å². The quantitative estimate of drug-likeness (QED) is 0.885. The third kappa shape index (κ3) is 3.90. The summed E-state index contributed by atoms with van der Waals surface area (Å²) in [5.74, 6) is -0.240. The van der Waals surface area contributed by atoms with Crippen LogP contribution in [0.2, 0.25) is 0 Å². The van der Waals surface area contributed by atoms with E-state index in [1.165, 1.54) is 12.1 Å². The Hall–Kier alpha value is -2.18. The van der Waals surface area contributed by atoms with Crippen LogP contribution in [-0.2, 0) is 6.54 Å². The van der Waals surface area contributed by atoms with E-state index in [0.29, 0.717) is 13.0 Å². The van der Waals surface area contributed by atoms with E-state index in [4.69, 9.17) is 5.26 Å². The van der Waals surface area contributed by atoms with E-state index >= 15 is 0 Å². The highest BCUT2D eigenvalue weighted by Gasteiger charge is 2.10. The third-order valence-electron chi connectivity index (χ3n) is 2.94. The summed E-state index contributed by atoms with van der Waals surface area (Å²) in [6.45, 7) is 0.541. The highest BCUT2D eigenvalue weighted by Crippen LogP contribution is 2.16. The minimum atomic E-state index is -0.240. The number of hydrogen-bond acceptors (Lipinski definition) is 2. The van der Waals surface area contributed by atoms with Crippen molar-refractivity contribution in [3.8, 4) is 6.07 Å². The van der Waals surface area contributed by atoms with Crippen LogP contribution in [0, 0.1) is 17.1 Å². The first-order valence-electron chi connectivity index (χ1n) is 6.19. The summed E-state index contributed by atoms with van der Waals surface area (Å²) in [6, 6.07) is 18.4. The number of hydrogen-bond donors (Lipinski definition) is 1. The van der Waals surface area contributed by atoms with Gasteiger partial charge in [0.2, 0.25) is 0 Å². The zero-order valence-corrected chi connectivity index (χ0v) is 10.5. The molecule has 0 fully saturated rings. The van der Waals surface area contributed by atoms with Crippen molar-refractivity contribution < 1.29 is 4.39 Å². The molecule has 2 rings (SSSR count). The van der Waals surface area contributed by atoms with E-state index in [1.54, 1.807) is 6.07 Å². The van der Waals surface area contributed by atoms with Crippen LogP contribution in [0.3, 0.4) is 0 Å². The molecule has 1 unspecified atom stereocenters. The average molecular weight is 254 g/mol. The fourth-order valence-corrected chi connectivity index (χ4v) is 1.97. The van der Waals surface area contributed by atoms with Gasteiger partial charge in [0.15, 0.2) is 0 Å². The summed E-state index contributed by atoms with van der Waals surface area (Å²) in [4.78, 5) is 0. The van der Waals surface area contributed by atoms with Crippen LogP contribution in [0.1, 0.15) is 23.6 Å². The van der Waals surface area contributed by atoms with Crippen molar-refractivity contribution in [3.63, 3.8) is 0 Å². The molecule has 0 heterocycles. The second-order valence-electron chi connectivity index (χ2n) is 4.34. The van der Waals surface area contributed by atoms with Gasteiger partial charge in [0.1, 0.15) is 5.82 Å². The van der Waals surface area contributed by atoms with Crippen molar-refractivity contribution in [2.24, 2.45) is 0 Å². The molecule has 0 radical (unpaired) electrons. The maximum absolute atomic E-state index is 13.1. The Kier molecular flexibility index (Phi) is 4.66. The molecule has 3 heteroatoms. The highest BCUT2D eigenvalue weighted by atomic mass is 19.1. The third-order valence-corrected chi connectivity index (χ3v) is 2.94. The molecule has 0 aromatic heterocycles. The lowest BCUT2D eigenvalue weighted by Gasteiger charge is -2.16. The molecular formula is C16H15FN2. The van der Waals surface area contributed by atoms with E-state index in [2.05, 4.69) is 11.4 Å². The molecule has 0 bridgehead atoms. The van der Waals surface area contributed by atoms with Crippen molar-refractivity contribution in [3.05, 3.63) is 71.5 Å². The largest absolute Gasteiger partial charge is 0.305 e. The normalized spacial score (nSPS) is 11.8. The monoisotopic (exact) mass is 254 g/mol. The molecule has 1 atom stereocenters. The molecule has 2 nitrogen and oxygen atoms in total. The first-order chi connectivity index (χ1) is 9.29. The first kappa shape index (κ1) is 13.3. The fourth-order valence-electron chi connectivity index (χ4n) is 1.97. The molecule has 0 aliphatic heterocycles. The van der Waals surface area contributed by atoms with Crippen molar-refractivity contribution in [1.29, 1.82) is 5.26 Å². The van der Waals surface area contributed by atoms with Gasteiger partial charge in [-0.2, -0.15) is 5.26 Å². The Morgan fingerprint density at radius 3 is 2.58 bits per heavy atom. The molecule has 0 amide bonds. The SMILES string of the molecule is N#CCC(NCc1cccc(F)c1)c1ccccc1. The van der Waals surface area contributed by atoms with Crippen LogP contribution in [0.25, 0.3) is 0 Å². The summed E-state index contributed by atoms with van der Waals surface area (Å²) in [7, 11) is 0. The van der Waals surface area contributed by atoms with Crippen molar-refractivity contribution in [2.75, 3.05) is 0 Å². The van der Waals surface area contributed by atoms with Gasteiger partial charge in [-0.05, 0) is 23.3 Å². The van der Waals surface area contributed by atoms with Gasteiger partial charge in [-0.15, -0.1) is 0 Å². The van der Waals surface area contributed by atoms with E-state index in [9.17, 15) is 4.39 Å². The lowest BCUT2D eigenvalue weighted by Crippen LogP contribution is -2.20. The maximum Gasteiger partial charge on any atom is 0.123 e. The molecule has 0 saturated heterocycles. The number of nitriles is 1. The van der Waals surface area contributed by atoms with E-state index in [1.807, 2.05) is 36.4 Å². The Labute approximate surface area is 112 Å². The van der Waals surface area contributed by atoms with Crippen molar-refractivity contribution in [2.45, 2.75) is 19.0 Å². The summed E-state index contributed by atoms with van der Waals surface area (Å²) in [5.41, 5.74) is 1.94. The molecule has 0 aliphatic carbocycles. The van der Waals surface area contributed by atoms with Crippen LogP contribution in [0.15, 0.2) is 54.6 Å². The Morgan fingerprint density at radius 1 is 1.11 bits per heavy atom. The summed E-state index contributed by atoms with van der Waals surface area (Å²) < 4.78 is 13.1. The molecule has 96 valence electrons. The number of benzene rings is 2. The van der Waals surface area contributed by atoms with Crippen LogP contribution in [0.4, 0.5) is 4.39 Å². The predicted molar refractivity (Wildman–Crippen MR) is 72.7 cm³/mol. The zero-order valence-electron chi connectivity index (χ0n) is 10.5. The van der Waals surface area contributed by atoms with E-state index < -0.39 is 0 Å². The second-order valence-corrected chi connectivity index (χ2v) is 4.34. The summed E-state index contributed by atoms with van der Waals surface area (Å²) in [5, 5.41) is 12.2. The molecule has 2 aromatic carbocycles. The first-order valence-corrected chi connectivity index (χ1v) is 6.19. The van der Waals surface area contributed by atoms with Crippen LogP contribution in [-0.4, -0.2) is 0 Å². The topological polar surface area (TPSA) is 35.8 Å². The minimum absolute atomic E-state index is 0.0329. The summed E-state index contributed by atoms with van der Waals surface area (Å²) in [6.07, 6.45) is 0.388. The lowest BCUT2D eigenvalue weighted by atomic mass is 10.0. The second kappa shape index (κ2) is 6.67. The van der Waals surface area contributed by atoms with Gasteiger partial charge in [0.05, 0.1) is 12.5 Å². The van der Waals surface area contributed by atoms with Gasteiger partial charge in [-0.25, -0.2) is 4.39 Å². The molecule has 1 N–H and O–H groups in total. The van der Waals surface area contributed by atoms with Crippen LogP contribution < -0.4 is 5.32 Å². The maximum atomic E-state index is 13.1. The average Bonchev–Trinajstić information content (AvgIpc) is 2.44. The van der Waals surface area contributed by atoms with E-state index in [0.717, 1.165) is 11.1 Å². The van der Waals surface area contributed by atoms with Gasteiger partial charge < -0.3 is 5.32 Å². The van der Waals surface area contributed by atoms with Crippen LogP contribution >= 0.6 is 0 Å². The van der Waals surface area contributed by atoms with Crippen LogP contribution in [0.5, 0.6) is 0 Å². The van der Waals surface area contributed by atoms with Gasteiger partial charge in [0.25, 0.3) is 0 Å². The van der Waals surface area contributed by atoms with Crippen molar-refractivity contribution in [1.82, 2.24) is 5.32 Å². The molecule has 0 saturated carbocycles. The van der Waals surface area contributed by atoms with Gasteiger partial charge in [-0.3, -0.25) is 0 Å². The number of rotatable bonds is 5. The standard InChI is InChI=1S/C16H15FN2/c17-15-8-4-5-13(11-15)12-19-16(9-10-18)14-6-2-1-3-7-14/h1-8,11,16,19H,9,12H2. The molecule has 19 heavy (non-hydrogen) atoms. The minimum Gasteiger partial charge on any atom is -0.305 e. The van der Waals surface area contributed by atoms with Gasteiger partial charge in [-0.1, -0.05) is 42.5 Å². The Balaban J connectivity index is 2.04. The fraction of sp³-hybridized carbons (Fsp3) is 0.188. The predicted octanol–water partition coefficient (Wildman–Crippen LogP) is 3.57. The molecule has 0 spiro atoms. The Bertz CT molecular complexity index is 560. The molecule has 2 aromatic rings. The van der Waals surface area contributed by atoms with Gasteiger partial charge >= 0.3 is 0 Å². The number of nitrogens with zero attached hydrogens (tertiary/aromatic N) is 1. The molecular weight excluding hydrogens is 239 g/mol. The number of halogens is 1. The van der Waals surface area contributed by atoms with Crippen molar-refractivity contribution >= 4 is 0 Å². The Morgan fingerprint density at radius 2 is 1.89 bits per heavy atom. The summed E-state index contributed by atoms with van der Waals surface area (Å²) >= 11 is 0. The van der Waals surface area contributed by atoms with Gasteiger partial charge in [0, 0.05) is 12.6 Å². The lowest BCUT2D eigenvalue weighted by molar-refractivity contribution is 0.539.